The molecular formula is C10H15ClN4O2S2. The van der Waals surface area contributed by atoms with Crippen molar-refractivity contribution in [3.8, 4) is 0 Å². The Bertz CT molecular complexity index is 567. The Morgan fingerprint density at radius 3 is 2.95 bits per heavy atom. The second kappa shape index (κ2) is 5.72. The highest BCUT2D eigenvalue weighted by molar-refractivity contribution is 8.01. The lowest BCUT2D eigenvalue weighted by atomic mass is 10.4. The first-order valence-electron chi connectivity index (χ1n) is 5.67. The van der Waals surface area contributed by atoms with Crippen LogP contribution in [0.1, 0.15) is 0 Å². The second-order valence-electron chi connectivity index (χ2n) is 4.17. The number of hydrogen-bond acceptors (Lipinski definition) is 7. The number of rotatable bonds is 3. The van der Waals surface area contributed by atoms with Gasteiger partial charge in [-0.3, -0.25) is 0 Å². The fourth-order valence-corrected chi connectivity index (χ4v) is 4.88. The van der Waals surface area contributed by atoms with Gasteiger partial charge in [-0.25, -0.2) is 13.4 Å². The van der Waals surface area contributed by atoms with Crippen LogP contribution < -0.4 is 10.2 Å². The third-order valence-corrected chi connectivity index (χ3v) is 5.71. The van der Waals surface area contributed by atoms with Crippen LogP contribution in [0.5, 0.6) is 0 Å². The molecule has 1 aliphatic rings. The van der Waals surface area contributed by atoms with Gasteiger partial charge < -0.3 is 10.2 Å². The smallest absolute Gasteiger partial charge is 0.224 e. The SMILES string of the molecule is CNc1ncc(Cl)c(N2CCSCC2S(C)(=O)=O)n1. The maximum absolute atomic E-state index is 11.9. The first-order valence-corrected chi connectivity index (χ1v) is 9.15. The van der Waals surface area contributed by atoms with Gasteiger partial charge in [0.15, 0.2) is 15.7 Å². The molecule has 1 saturated heterocycles. The van der Waals surface area contributed by atoms with Crippen LogP contribution in [-0.2, 0) is 9.84 Å². The van der Waals surface area contributed by atoms with E-state index in [-0.39, 0.29) is 0 Å². The first-order chi connectivity index (χ1) is 8.93. The van der Waals surface area contributed by atoms with Crippen molar-refractivity contribution >= 4 is 45.0 Å². The van der Waals surface area contributed by atoms with Crippen molar-refractivity contribution in [3.63, 3.8) is 0 Å². The maximum Gasteiger partial charge on any atom is 0.224 e. The van der Waals surface area contributed by atoms with Crippen LogP contribution in [0.25, 0.3) is 0 Å². The fourth-order valence-electron chi connectivity index (χ4n) is 1.86. The Labute approximate surface area is 121 Å². The van der Waals surface area contributed by atoms with Gasteiger partial charge in [0.05, 0.1) is 6.20 Å². The van der Waals surface area contributed by atoms with Gasteiger partial charge in [0.1, 0.15) is 10.4 Å². The third-order valence-electron chi connectivity index (χ3n) is 2.80. The predicted octanol–water partition coefficient (Wildman–Crippen LogP) is 1.10. The van der Waals surface area contributed by atoms with Gasteiger partial charge in [-0.1, -0.05) is 11.6 Å². The number of nitrogens with one attached hydrogen (secondary N) is 1. The van der Waals surface area contributed by atoms with E-state index in [1.807, 2.05) is 0 Å². The molecule has 0 spiro atoms. The lowest BCUT2D eigenvalue weighted by molar-refractivity contribution is 0.583. The Morgan fingerprint density at radius 2 is 2.32 bits per heavy atom. The fraction of sp³-hybridized carbons (Fsp3) is 0.600. The molecule has 1 unspecified atom stereocenters. The molecule has 0 aromatic carbocycles. The van der Waals surface area contributed by atoms with Gasteiger partial charge in [0, 0.05) is 31.4 Å². The van der Waals surface area contributed by atoms with Gasteiger partial charge >= 0.3 is 0 Å². The van der Waals surface area contributed by atoms with Crippen LogP contribution in [0, 0.1) is 0 Å². The molecule has 1 N–H and O–H groups in total. The van der Waals surface area contributed by atoms with Crippen molar-refractivity contribution in [3.05, 3.63) is 11.2 Å². The lowest BCUT2D eigenvalue weighted by Crippen LogP contribution is -2.47. The molecule has 106 valence electrons. The number of hydrogen-bond donors (Lipinski definition) is 1. The molecule has 2 rings (SSSR count). The van der Waals surface area contributed by atoms with Crippen molar-refractivity contribution in [2.45, 2.75) is 5.37 Å². The highest BCUT2D eigenvalue weighted by Crippen LogP contribution is 2.30. The molecule has 0 aliphatic carbocycles. The quantitative estimate of drug-likeness (QED) is 0.893. The monoisotopic (exact) mass is 322 g/mol. The largest absolute Gasteiger partial charge is 0.357 e. The third kappa shape index (κ3) is 3.24. The van der Waals surface area contributed by atoms with E-state index in [4.69, 9.17) is 11.6 Å². The average Bonchev–Trinajstić information content (AvgIpc) is 2.38. The minimum atomic E-state index is -3.19. The van der Waals surface area contributed by atoms with E-state index in [1.54, 1.807) is 23.7 Å². The van der Waals surface area contributed by atoms with Crippen LogP contribution in [-0.4, -0.2) is 55.1 Å². The Hall–Kier alpha value is -0.730. The number of thioether (sulfide) groups is 1. The Kier molecular flexibility index (Phi) is 4.42. The van der Waals surface area contributed by atoms with Gasteiger partial charge in [0.25, 0.3) is 0 Å². The standard InChI is InChI=1S/C10H15ClN4O2S2/c1-12-10-13-5-7(11)9(14-10)15-3-4-18-6-8(15)19(2,16)17/h5,8H,3-4,6H2,1-2H3,(H,12,13,14). The van der Waals surface area contributed by atoms with Crippen LogP contribution in [0.3, 0.4) is 0 Å². The van der Waals surface area contributed by atoms with Crippen molar-refractivity contribution in [2.75, 3.05) is 41.6 Å². The number of anilines is 2. The Morgan fingerprint density at radius 1 is 1.58 bits per heavy atom. The number of nitrogens with zero attached hydrogens (tertiary/aromatic N) is 3. The van der Waals surface area contributed by atoms with Gasteiger partial charge in [-0.2, -0.15) is 16.7 Å². The van der Waals surface area contributed by atoms with Crippen molar-refractivity contribution in [1.29, 1.82) is 0 Å². The maximum atomic E-state index is 11.9. The molecule has 0 bridgehead atoms. The number of aromatic nitrogens is 2. The van der Waals surface area contributed by atoms with E-state index in [0.29, 0.717) is 29.1 Å². The Balaban J connectivity index is 2.42. The summed E-state index contributed by atoms with van der Waals surface area (Å²) >= 11 is 7.73. The molecule has 1 aromatic heterocycles. The zero-order chi connectivity index (χ0) is 14.0. The van der Waals surface area contributed by atoms with Crippen LogP contribution in [0.2, 0.25) is 5.02 Å². The normalized spacial score (nSPS) is 20.4. The summed E-state index contributed by atoms with van der Waals surface area (Å²) in [6.07, 6.45) is 2.72. The molecule has 1 atom stereocenters. The molecule has 2 heterocycles. The van der Waals surface area contributed by atoms with Gasteiger partial charge in [-0.05, 0) is 0 Å². The minimum absolute atomic E-state index is 0.361. The molecular weight excluding hydrogens is 308 g/mol. The van der Waals surface area contributed by atoms with Crippen LogP contribution in [0.4, 0.5) is 11.8 Å². The minimum Gasteiger partial charge on any atom is -0.357 e. The summed E-state index contributed by atoms with van der Waals surface area (Å²) in [4.78, 5) is 10.0. The summed E-state index contributed by atoms with van der Waals surface area (Å²) < 4.78 is 23.8. The molecule has 6 nitrogen and oxygen atoms in total. The number of sulfone groups is 1. The van der Waals surface area contributed by atoms with Crippen molar-refractivity contribution < 1.29 is 8.42 Å². The summed E-state index contributed by atoms with van der Waals surface area (Å²) in [6.45, 7) is 0.599. The second-order valence-corrected chi connectivity index (χ2v) is 7.93. The van der Waals surface area contributed by atoms with E-state index in [0.717, 1.165) is 5.75 Å². The highest BCUT2D eigenvalue weighted by atomic mass is 35.5. The molecule has 19 heavy (non-hydrogen) atoms. The zero-order valence-electron chi connectivity index (χ0n) is 10.6. The summed E-state index contributed by atoms with van der Waals surface area (Å²) in [5.41, 5.74) is 0. The molecule has 9 heteroatoms. The summed E-state index contributed by atoms with van der Waals surface area (Å²) in [5, 5.41) is 2.59. The average molecular weight is 323 g/mol. The van der Waals surface area contributed by atoms with E-state index >= 15 is 0 Å². The van der Waals surface area contributed by atoms with E-state index in [9.17, 15) is 8.42 Å². The summed E-state index contributed by atoms with van der Waals surface area (Å²) in [6, 6.07) is 0. The molecule has 1 aromatic rings. The van der Waals surface area contributed by atoms with E-state index in [2.05, 4.69) is 15.3 Å². The van der Waals surface area contributed by atoms with Crippen LogP contribution >= 0.6 is 23.4 Å². The number of halogens is 1. The topological polar surface area (TPSA) is 75.2 Å². The molecule has 0 radical (unpaired) electrons. The van der Waals surface area contributed by atoms with E-state index < -0.39 is 15.2 Å². The predicted molar refractivity (Wildman–Crippen MR) is 79.9 cm³/mol. The highest BCUT2D eigenvalue weighted by Gasteiger charge is 2.33. The van der Waals surface area contributed by atoms with Crippen LogP contribution in [0.15, 0.2) is 6.20 Å². The van der Waals surface area contributed by atoms with Gasteiger partial charge in [-0.15, -0.1) is 0 Å². The summed E-state index contributed by atoms with van der Waals surface area (Å²) in [5.74, 6) is 2.26. The molecule has 1 fully saturated rings. The first kappa shape index (κ1) is 14.7. The zero-order valence-corrected chi connectivity index (χ0v) is 13.0. The molecule has 0 saturated carbocycles. The lowest BCUT2D eigenvalue weighted by Gasteiger charge is -2.35. The van der Waals surface area contributed by atoms with Crippen molar-refractivity contribution in [1.82, 2.24) is 9.97 Å². The van der Waals surface area contributed by atoms with Crippen molar-refractivity contribution in [2.24, 2.45) is 0 Å². The van der Waals surface area contributed by atoms with E-state index in [1.165, 1.54) is 12.5 Å². The van der Waals surface area contributed by atoms with Gasteiger partial charge in [0.2, 0.25) is 5.95 Å². The molecule has 0 amide bonds. The molecule has 1 aliphatic heterocycles. The summed E-state index contributed by atoms with van der Waals surface area (Å²) in [7, 11) is -1.49.